The smallest absolute Gasteiger partial charge is 0.433 e. The third-order valence-corrected chi connectivity index (χ3v) is 1.76. The van der Waals surface area contributed by atoms with E-state index in [1.807, 2.05) is 5.32 Å². The zero-order chi connectivity index (χ0) is 13.1. The van der Waals surface area contributed by atoms with Crippen LogP contribution in [-0.4, -0.2) is 22.0 Å². The van der Waals surface area contributed by atoms with Gasteiger partial charge in [0.05, 0.1) is 0 Å². The molecule has 0 aliphatic carbocycles. The number of amides is 1. The number of rotatable bonds is 2. The highest BCUT2D eigenvalue weighted by Crippen LogP contribution is 2.27. The molecule has 8 heteroatoms. The standard InChI is InChI=1S/C9H7F3N2O3/c10-9(11,12)6-2-1-5(3-13-6)4-14-7(15)8(16)17/h1-3H,4H2,(H,14,15)(H,16,17). The quantitative estimate of drug-likeness (QED) is 0.759. The van der Waals surface area contributed by atoms with Crippen molar-refractivity contribution in [2.45, 2.75) is 12.7 Å². The van der Waals surface area contributed by atoms with Crippen LogP contribution in [0.25, 0.3) is 0 Å². The van der Waals surface area contributed by atoms with E-state index in [1.54, 1.807) is 0 Å². The van der Waals surface area contributed by atoms with Gasteiger partial charge in [-0.2, -0.15) is 13.2 Å². The normalized spacial score (nSPS) is 11.0. The lowest BCUT2D eigenvalue weighted by molar-refractivity contribution is -0.150. The second-order valence-electron chi connectivity index (χ2n) is 3.04. The predicted molar refractivity (Wildman–Crippen MR) is 48.7 cm³/mol. The molecule has 2 N–H and O–H groups in total. The number of carboxylic acid groups (broad SMARTS) is 1. The summed E-state index contributed by atoms with van der Waals surface area (Å²) in [5, 5.41) is 10.2. The lowest BCUT2D eigenvalue weighted by Crippen LogP contribution is -2.30. The highest BCUT2D eigenvalue weighted by atomic mass is 19.4. The zero-order valence-corrected chi connectivity index (χ0v) is 8.28. The van der Waals surface area contributed by atoms with Crippen molar-refractivity contribution in [3.8, 4) is 0 Å². The van der Waals surface area contributed by atoms with Crippen molar-refractivity contribution in [3.63, 3.8) is 0 Å². The maximum atomic E-state index is 12.1. The summed E-state index contributed by atoms with van der Waals surface area (Å²) in [5.74, 6) is -2.89. The molecule has 1 heterocycles. The number of nitrogens with zero attached hydrogens (tertiary/aromatic N) is 1. The van der Waals surface area contributed by atoms with Gasteiger partial charge in [0.2, 0.25) is 0 Å². The SMILES string of the molecule is O=C(O)C(=O)NCc1ccc(C(F)(F)F)nc1. The minimum Gasteiger partial charge on any atom is -0.474 e. The number of nitrogens with one attached hydrogen (secondary N) is 1. The summed E-state index contributed by atoms with van der Waals surface area (Å²) >= 11 is 0. The molecule has 5 nitrogen and oxygen atoms in total. The largest absolute Gasteiger partial charge is 0.474 e. The molecule has 0 radical (unpaired) electrons. The van der Waals surface area contributed by atoms with Gasteiger partial charge in [-0.1, -0.05) is 6.07 Å². The molecule has 0 aliphatic heterocycles. The number of aliphatic carboxylic acids is 1. The van der Waals surface area contributed by atoms with Crippen molar-refractivity contribution in [2.75, 3.05) is 0 Å². The molecule has 0 spiro atoms. The minimum atomic E-state index is -4.52. The van der Waals surface area contributed by atoms with Crippen LogP contribution in [0.5, 0.6) is 0 Å². The number of pyridine rings is 1. The molecule has 1 aromatic heterocycles. The van der Waals surface area contributed by atoms with Gasteiger partial charge in [0.25, 0.3) is 0 Å². The molecule has 0 saturated heterocycles. The van der Waals surface area contributed by atoms with E-state index in [2.05, 4.69) is 4.98 Å². The van der Waals surface area contributed by atoms with E-state index < -0.39 is 23.7 Å². The summed E-state index contributed by atoms with van der Waals surface area (Å²) in [6.07, 6.45) is -3.60. The Balaban J connectivity index is 2.63. The van der Waals surface area contributed by atoms with Crippen LogP contribution >= 0.6 is 0 Å². The first-order valence-electron chi connectivity index (χ1n) is 4.34. The number of aromatic nitrogens is 1. The number of carbonyl (C=O) groups excluding carboxylic acids is 1. The lowest BCUT2D eigenvalue weighted by atomic mass is 10.2. The van der Waals surface area contributed by atoms with Crippen LogP contribution in [0.3, 0.4) is 0 Å². The molecule has 1 amide bonds. The van der Waals surface area contributed by atoms with Gasteiger partial charge in [-0.05, 0) is 11.6 Å². The topological polar surface area (TPSA) is 79.3 Å². The lowest BCUT2D eigenvalue weighted by Gasteiger charge is -2.06. The molecule has 1 rings (SSSR count). The van der Waals surface area contributed by atoms with Crippen molar-refractivity contribution in [3.05, 3.63) is 29.6 Å². The summed E-state index contributed by atoms with van der Waals surface area (Å²) in [7, 11) is 0. The van der Waals surface area contributed by atoms with E-state index in [0.717, 1.165) is 18.3 Å². The fourth-order valence-electron chi connectivity index (χ4n) is 0.955. The Labute approximate surface area is 93.3 Å². The third kappa shape index (κ3) is 3.74. The van der Waals surface area contributed by atoms with Crippen LogP contribution in [0.4, 0.5) is 13.2 Å². The second-order valence-corrected chi connectivity index (χ2v) is 3.04. The van der Waals surface area contributed by atoms with Crippen molar-refractivity contribution in [2.24, 2.45) is 0 Å². The Kier molecular flexibility index (Phi) is 3.66. The molecule has 0 atom stereocenters. The van der Waals surface area contributed by atoms with Gasteiger partial charge >= 0.3 is 18.1 Å². The van der Waals surface area contributed by atoms with Gasteiger partial charge in [-0.25, -0.2) is 4.79 Å². The van der Waals surface area contributed by atoms with E-state index in [-0.39, 0.29) is 12.1 Å². The average molecular weight is 248 g/mol. The fourth-order valence-corrected chi connectivity index (χ4v) is 0.955. The van der Waals surface area contributed by atoms with E-state index in [1.165, 1.54) is 0 Å². The van der Waals surface area contributed by atoms with Crippen LogP contribution in [0, 0.1) is 0 Å². The Morgan fingerprint density at radius 1 is 1.35 bits per heavy atom. The summed E-state index contributed by atoms with van der Waals surface area (Å²) in [4.78, 5) is 23.9. The van der Waals surface area contributed by atoms with Gasteiger partial charge in [-0.15, -0.1) is 0 Å². The van der Waals surface area contributed by atoms with Gasteiger partial charge in [0, 0.05) is 12.7 Å². The van der Waals surface area contributed by atoms with Crippen LogP contribution in [-0.2, 0) is 22.3 Å². The average Bonchev–Trinajstić information content (AvgIpc) is 2.25. The minimum absolute atomic E-state index is 0.198. The van der Waals surface area contributed by atoms with E-state index in [0.29, 0.717) is 0 Å². The molecule has 0 aliphatic rings. The number of hydrogen-bond donors (Lipinski definition) is 2. The highest BCUT2D eigenvalue weighted by Gasteiger charge is 2.31. The zero-order valence-electron chi connectivity index (χ0n) is 8.28. The van der Waals surface area contributed by atoms with Crippen LogP contribution in [0.1, 0.15) is 11.3 Å². The molecule has 92 valence electrons. The molecule has 0 saturated carbocycles. The predicted octanol–water partition coefficient (Wildman–Crippen LogP) is 0.801. The molecule has 0 unspecified atom stereocenters. The molecule has 17 heavy (non-hydrogen) atoms. The van der Waals surface area contributed by atoms with Gasteiger partial charge in [0.1, 0.15) is 5.69 Å². The first-order chi connectivity index (χ1) is 7.80. The molecule has 1 aromatic rings. The first-order valence-corrected chi connectivity index (χ1v) is 4.34. The van der Waals surface area contributed by atoms with Crippen LogP contribution < -0.4 is 5.32 Å². The van der Waals surface area contributed by atoms with Crippen molar-refractivity contribution < 1.29 is 27.9 Å². The van der Waals surface area contributed by atoms with Gasteiger partial charge < -0.3 is 10.4 Å². The third-order valence-electron chi connectivity index (χ3n) is 1.76. The van der Waals surface area contributed by atoms with Gasteiger partial charge in [-0.3, -0.25) is 9.78 Å². The number of carbonyl (C=O) groups is 2. The maximum absolute atomic E-state index is 12.1. The maximum Gasteiger partial charge on any atom is 0.433 e. The number of alkyl halides is 3. The van der Waals surface area contributed by atoms with Crippen LogP contribution in [0.2, 0.25) is 0 Å². The summed E-state index contributed by atoms with van der Waals surface area (Å²) in [5.41, 5.74) is -0.779. The van der Waals surface area contributed by atoms with E-state index in [4.69, 9.17) is 5.11 Å². The number of hydrogen-bond acceptors (Lipinski definition) is 3. The number of carboxylic acids is 1. The van der Waals surface area contributed by atoms with Crippen LogP contribution in [0.15, 0.2) is 18.3 Å². The Morgan fingerprint density at radius 2 is 2.00 bits per heavy atom. The number of halogens is 3. The Hall–Kier alpha value is -2.12. The van der Waals surface area contributed by atoms with Crippen molar-refractivity contribution in [1.82, 2.24) is 10.3 Å². The summed E-state index contributed by atoms with van der Waals surface area (Å²) in [6, 6.07) is 1.86. The molecule has 0 fully saturated rings. The monoisotopic (exact) mass is 248 g/mol. The first kappa shape index (κ1) is 12.9. The Bertz CT molecular complexity index is 428. The second kappa shape index (κ2) is 4.81. The van der Waals surface area contributed by atoms with E-state index in [9.17, 15) is 22.8 Å². The van der Waals surface area contributed by atoms with Gasteiger partial charge in [0.15, 0.2) is 0 Å². The molecule has 0 aromatic carbocycles. The molecule has 0 bridgehead atoms. The molecular weight excluding hydrogens is 241 g/mol. The molecular formula is C9H7F3N2O3. The Morgan fingerprint density at radius 3 is 2.41 bits per heavy atom. The van der Waals surface area contributed by atoms with Crippen molar-refractivity contribution in [1.29, 1.82) is 0 Å². The highest BCUT2D eigenvalue weighted by molar-refractivity contribution is 6.31. The van der Waals surface area contributed by atoms with E-state index >= 15 is 0 Å². The summed E-state index contributed by atoms with van der Waals surface area (Å²) in [6.45, 7) is -0.198. The summed E-state index contributed by atoms with van der Waals surface area (Å²) < 4.78 is 36.4. The van der Waals surface area contributed by atoms with Crippen molar-refractivity contribution >= 4 is 11.9 Å². The fraction of sp³-hybridized carbons (Fsp3) is 0.222.